The van der Waals surface area contributed by atoms with Crippen LogP contribution in [0.4, 0.5) is 61.5 Å². The Morgan fingerprint density at radius 1 is 0.597 bits per heavy atom. The smallest absolute Gasteiger partial charge is 0.435 e. The van der Waals surface area contributed by atoms with Crippen molar-refractivity contribution in [3.8, 4) is 33.6 Å². The van der Waals surface area contributed by atoms with Crippen LogP contribution >= 0.6 is 44.6 Å². The molecule has 0 saturated heterocycles. The second-order valence-corrected chi connectivity index (χ2v) is 21.2. The van der Waals surface area contributed by atoms with Crippen molar-refractivity contribution in [1.29, 1.82) is 0 Å². The van der Waals surface area contributed by atoms with Crippen LogP contribution in [0.1, 0.15) is 86.2 Å². The molecule has 2 aromatic heterocycles. The van der Waals surface area contributed by atoms with Gasteiger partial charge in [-0.15, -0.1) is 0 Å². The second kappa shape index (κ2) is 23.6. The lowest BCUT2D eigenvalue weighted by molar-refractivity contribution is -0.349. The fourth-order valence-corrected chi connectivity index (χ4v) is 8.30. The Balaban J connectivity index is 0.000000249. The van der Waals surface area contributed by atoms with Gasteiger partial charge in [0.1, 0.15) is 0 Å². The predicted molar refractivity (Wildman–Crippen MR) is 262 cm³/mol. The number of hydrogen-bond donors (Lipinski definition) is 2. The number of halogens is 18. The number of rotatable bonds is 10. The van der Waals surface area contributed by atoms with Crippen molar-refractivity contribution >= 4 is 65.5 Å². The maximum atomic E-state index is 14.6. The molecule has 8 rings (SSSR count). The Kier molecular flexibility index (Phi) is 19.2. The van der Waals surface area contributed by atoms with Crippen LogP contribution in [0.15, 0.2) is 85.5 Å². The van der Waals surface area contributed by atoms with Gasteiger partial charge >= 0.3 is 42.0 Å². The van der Waals surface area contributed by atoms with Crippen LogP contribution in [0.3, 0.4) is 0 Å². The molecule has 0 unspecified atom stereocenters. The first-order valence-electron chi connectivity index (χ1n) is 22.2. The fraction of sp³-hybridized carbons (Fsp3) is 0.347. The quantitative estimate of drug-likeness (QED) is 0.0793. The van der Waals surface area contributed by atoms with Gasteiger partial charge in [0.05, 0.1) is 39.4 Å². The second-order valence-electron chi connectivity index (χ2n) is 17.9. The van der Waals surface area contributed by atoms with Gasteiger partial charge in [-0.3, -0.25) is 4.79 Å². The molecule has 3 N–H and O–H groups in total. The number of alkyl halides is 14. The zero-order chi connectivity index (χ0) is 58.1. The fourth-order valence-electron chi connectivity index (χ4n) is 7.88. The third-order valence-corrected chi connectivity index (χ3v) is 12.6. The molecule has 2 fully saturated rings. The largest absolute Gasteiger partial charge is 0.478 e. The Morgan fingerprint density at radius 2 is 0.909 bits per heavy atom. The van der Waals surface area contributed by atoms with Gasteiger partial charge in [0, 0.05) is 74.0 Å². The first kappa shape index (κ1) is 62.6. The van der Waals surface area contributed by atoms with Crippen molar-refractivity contribution in [2.45, 2.75) is 102 Å². The molecule has 6 aromatic rings. The van der Waals surface area contributed by atoms with Crippen molar-refractivity contribution < 1.29 is 80.4 Å². The van der Waals surface area contributed by atoms with Crippen LogP contribution in [0, 0.1) is 33.6 Å². The van der Waals surface area contributed by atoms with E-state index in [9.17, 15) is 76.2 Å². The van der Waals surface area contributed by atoms with Gasteiger partial charge in [-0.1, -0.05) is 47.5 Å². The van der Waals surface area contributed by atoms with Crippen molar-refractivity contribution in [1.82, 2.24) is 19.6 Å². The normalized spacial score (nSPS) is 14.2. The molecule has 28 heteroatoms. The SMILES string of the molecule is Cc1cc(C(F)(C(F)(F)F)C(F)(F)F)cc(C)c1-c1cnn(-c2ccc(Cl)c(C(=O)CC3CC3)c2)c1.Cc1cc(C(F)(C(F)(F)F)C(F)(F)F)cc(C)c1-c1cnn(-c2ccc(Cl)c(C(=O)O)c2)c1.NC1CC1.O=S(Cl)Cl. The lowest BCUT2D eigenvalue weighted by atomic mass is 9.87. The van der Waals surface area contributed by atoms with Gasteiger partial charge in [0.2, 0.25) is 9.23 Å². The van der Waals surface area contributed by atoms with E-state index in [4.69, 9.17) is 33.1 Å². The van der Waals surface area contributed by atoms with E-state index in [0.717, 1.165) is 12.8 Å². The zero-order valence-electron chi connectivity index (χ0n) is 40.0. The minimum atomic E-state index is -6.22. The zero-order valence-corrected chi connectivity index (χ0v) is 43.9. The first-order chi connectivity index (χ1) is 35.3. The standard InChI is InChI=1S/C25H20ClF7N2O.C21H14ClF7N2O2.C3H7N.Cl2OS/c1-13-7-17(23(27,24(28,29)30)25(31,32)33)8-14(2)22(13)16-11-34-35(12-16)18-5-6-20(26)19(10-18)21(36)9-15-3-4-15;1-10-5-13(19(23,20(24,25)26)21(27,28)29)6-11(2)17(10)12-8-30-31(9-12)14-3-4-16(22)15(7-14)18(32)33;4-3-1-2-3;1-4(2)3/h5-8,10-12,15H,3-4,9H2,1-2H3;3-9H,1-2H3,(H,32,33);3H,1-2,4H2;. The van der Waals surface area contributed by atoms with Crippen LogP contribution in [0.25, 0.3) is 33.6 Å². The van der Waals surface area contributed by atoms with Crippen LogP contribution in [-0.4, -0.2) is 71.4 Å². The number of Topliss-reactive ketones (excluding diaryl/α,β-unsaturated/α-hetero) is 1. The number of nitrogens with zero attached hydrogens (tertiary/aromatic N) is 4. The van der Waals surface area contributed by atoms with Gasteiger partial charge < -0.3 is 10.8 Å². The summed E-state index contributed by atoms with van der Waals surface area (Å²) in [6.07, 6.45) is -14.3. The molecule has 2 saturated carbocycles. The predicted octanol–water partition coefficient (Wildman–Crippen LogP) is 16.0. The van der Waals surface area contributed by atoms with E-state index in [2.05, 4.69) is 31.6 Å². The Morgan fingerprint density at radius 3 is 1.19 bits per heavy atom. The van der Waals surface area contributed by atoms with Crippen molar-refractivity contribution in [2.75, 3.05) is 0 Å². The molecule has 0 spiro atoms. The van der Waals surface area contributed by atoms with Crippen molar-refractivity contribution in [3.05, 3.63) is 140 Å². The van der Waals surface area contributed by atoms with E-state index >= 15 is 0 Å². The number of carboxylic acid groups (broad SMARTS) is 1. The highest BCUT2D eigenvalue weighted by molar-refractivity contribution is 8.26. The van der Waals surface area contributed by atoms with Gasteiger partial charge in [-0.2, -0.15) is 62.9 Å². The molecule has 0 atom stereocenters. The minimum absolute atomic E-state index is 0.00931. The highest BCUT2D eigenvalue weighted by Crippen LogP contribution is 2.55. The summed E-state index contributed by atoms with van der Waals surface area (Å²) in [7, 11) is 7.36. The molecule has 4 aromatic carbocycles. The first-order valence-corrected chi connectivity index (χ1v) is 25.7. The number of carbonyl (C=O) groups is 2. The molecule has 9 nitrogen and oxygen atoms in total. The van der Waals surface area contributed by atoms with Gasteiger partial charge in [0.25, 0.3) is 0 Å². The Bertz CT molecular complexity index is 3090. The monoisotopic (exact) mass is 1200 g/mol. The summed E-state index contributed by atoms with van der Waals surface area (Å²) in [6.45, 7) is 5.10. The molecule has 0 aliphatic heterocycles. The molecule has 2 aliphatic rings. The molecular formula is C49H41Cl4F14N5O4S. The minimum Gasteiger partial charge on any atom is -0.478 e. The summed E-state index contributed by atoms with van der Waals surface area (Å²) >= 11 is 12.0. The van der Waals surface area contributed by atoms with Crippen molar-refractivity contribution in [3.63, 3.8) is 0 Å². The lowest BCUT2D eigenvalue weighted by Gasteiger charge is -2.31. The highest BCUT2D eigenvalue weighted by Gasteiger charge is 2.74. The number of carbonyl (C=O) groups excluding carboxylic acids is 1. The molecule has 0 bridgehead atoms. The number of aromatic nitrogens is 4. The number of benzene rings is 4. The third-order valence-electron chi connectivity index (χ3n) is 11.9. The van der Waals surface area contributed by atoms with Gasteiger partial charge in [-0.05, 0) is 129 Å². The number of ketones is 1. The lowest BCUT2D eigenvalue weighted by Crippen LogP contribution is -2.50. The van der Waals surface area contributed by atoms with E-state index in [1.807, 2.05) is 0 Å². The summed E-state index contributed by atoms with van der Waals surface area (Å²) in [6, 6.07) is 11.5. The Labute approximate surface area is 450 Å². The van der Waals surface area contributed by atoms with E-state index in [1.54, 1.807) is 18.2 Å². The molecule has 0 radical (unpaired) electrons. The summed E-state index contributed by atoms with van der Waals surface area (Å²) in [5, 5.41) is 17.8. The molecule has 2 heterocycles. The van der Waals surface area contributed by atoms with Crippen LogP contribution in [0.2, 0.25) is 10.0 Å². The van der Waals surface area contributed by atoms with E-state index in [0.29, 0.717) is 81.3 Å². The van der Waals surface area contributed by atoms with Crippen molar-refractivity contribution in [2.24, 2.45) is 11.7 Å². The van der Waals surface area contributed by atoms with E-state index < -0.39 is 62.4 Å². The maximum Gasteiger partial charge on any atom is 0.435 e. The molecule has 418 valence electrons. The summed E-state index contributed by atoms with van der Waals surface area (Å²) < 4.78 is 199. The summed E-state index contributed by atoms with van der Waals surface area (Å²) in [5.41, 5.74) is -6.77. The van der Waals surface area contributed by atoms with Gasteiger partial charge in [0.15, 0.2) is 5.78 Å². The summed E-state index contributed by atoms with van der Waals surface area (Å²) in [4.78, 5) is 23.8. The third kappa shape index (κ3) is 14.3. The molecular weight excluding hydrogens is 1160 g/mol. The van der Waals surface area contributed by atoms with E-state index in [1.165, 1.54) is 92.9 Å². The maximum absolute atomic E-state index is 14.6. The number of aromatic carboxylic acids is 1. The van der Waals surface area contributed by atoms with Crippen LogP contribution < -0.4 is 5.73 Å². The average molecular weight is 1200 g/mol. The highest BCUT2D eigenvalue weighted by atomic mass is 36.0. The summed E-state index contributed by atoms with van der Waals surface area (Å²) in [5.74, 6) is -1.01. The molecule has 2 aliphatic carbocycles. The number of hydrogen-bond acceptors (Lipinski definition) is 6. The van der Waals surface area contributed by atoms with Crippen LogP contribution in [0.5, 0.6) is 0 Å². The van der Waals surface area contributed by atoms with Gasteiger partial charge in [-0.25, -0.2) is 27.1 Å². The van der Waals surface area contributed by atoms with Crippen LogP contribution in [-0.2, 0) is 20.6 Å². The number of aryl methyl sites for hydroxylation is 4. The number of carboxylic acids is 1. The number of nitrogens with two attached hydrogens (primary N) is 1. The molecule has 0 amide bonds. The average Bonchev–Trinajstić information content (AvgIpc) is 4.18. The topological polar surface area (TPSA) is 133 Å². The van der Waals surface area contributed by atoms with E-state index in [-0.39, 0.29) is 44.2 Å². The molecule has 77 heavy (non-hydrogen) atoms. The Hall–Kier alpha value is -5.27.